The minimum atomic E-state index is -0.810. The summed E-state index contributed by atoms with van der Waals surface area (Å²) in [7, 11) is 1.29. The largest absolute Gasteiger partial charge is 0.466 e. The molecule has 0 fully saturated rings. The SMILES string of the molecule is COC(=O)C1=C(C)N=c2s/c(=C/c3cn(-c4ccccc4)nc3-c3ccc(Cl)cc3)c(=O)n2[C@@H]1c1ccc(OC(C)=O)cc1. The summed E-state index contributed by atoms with van der Waals surface area (Å²) in [6.07, 6.45) is 3.66. The number of hydrogen-bond donors (Lipinski definition) is 0. The van der Waals surface area contributed by atoms with Crippen LogP contribution in [0.1, 0.15) is 31.0 Å². The van der Waals surface area contributed by atoms with E-state index < -0.39 is 18.0 Å². The molecule has 9 nitrogen and oxygen atoms in total. The molecule has 0 spiro atoms. The van der Waals surface area contributed by atoms with Crippen LogP contribution in [0.5, 0.6) is 5.75 Å². The number of benzene rings is 3. The zero-order valence-electron chi connectivity index (χ0n) is 23.9. The maximum Gasteiger partial charge on any atom is 0.338 e. The van der Waals surface area contributed by atoms with Gasteiger partial charge in [-0.05, 0) is 55.0 Å². The predicted molar refractivity (Wildman–Crippen MR) is 168 cm³/mol. The van der Waals surface area contributed by atoms with Crippen molar-refractivity contribution in [2.45, 2.75) is 19.9 Å². The average Bonchev–Trinajstić information content (AvgIpc) is 3.57. The molecule has 44 heavy (non-hydrogen) atoms. The van der Waals surface area contributed by atoms with Gasteiger partial charge in [0.25, 0.3) is 5.56 Å². The molecule has 1 aliphatic heterocycles. The number of fused-ring (bicyclic) bond motifs is 1. The lowest BCUT2D eigenvalue weighted by Gasteiger charge is -2.24. The van der Waals surface area contributed by atoms with Crippen molar-refractivity contribution >= 4 is 41.0 Å². The second-order valence-electron chi connectivity index (χ2n) is 9.96. The normalized spacial score (nSPS) is 14.6. The Hall–Kier alpha value is -5.06. The highest BCUT2D eigenvalue weighted by Crippen LogP contribution is 2.32. The van der Waals surface area contributed by atoms with E-state index in [4.69, 9.17) is 26.2 Å². The van der Waals surface area contributed by atoms with Gasteiger partial charge in [0.2, 0.25) is 0 Å². The Bertz CT molecular complexity index is 2110. The highest BCUT2D eigenvalue weighted by atomic mass is 35.5. The van der Waals surface area contributed by atoms with E-state index >= 15 is 0 Å². The topological polar surface area (TPSA) is 105 Å². The van der Waals surface area contributed by atoms with E-state index in [1.165, 1.54) is 29.9 Å². The van der Waals surface area contributed by atoms with Crippen molar-refractivity contribution in [2.24, 2.45) is 4.99 Å². The standard InChI is InChI=1S/C33H25ClN4O5S/c1-19-28(32(41)42-3)30(22-11-15-26(16-12-22)43-20(2)39)38-31(40)27(44-33(38)35-19)17-23-18-37(25-7-5-4-6-8-25)36-29(23)21-9-13-24(34)14-10-21/h4-18,30H,1-3H3/b27-17+/t30-/m1/s1. The third-order valence-corrected chi connectivity index (χ3v) is 8.29. The fourth-order valence-electron chi connectivity index (χ4n) is 5.07. The second-order valence-corrected chi connectivity index (χ2v) is 11.4. The molecular formula is C33H25ClN4O5S. The van der Waals surface area contributed by atoms with Crippen molar-refractivity contribution in [3.05, 3.63) is 132 Å². The third-order valence-electron chi connectivity index (χ3n) is 7.05. The average molecular weight is 625 g/mol. The first kappa shape index (κ1) is 29.0. The Balaban J connectivity index is 1.53. The molecule has 0 amide bonds. The van der Waals surface area contributed by atoms with Crippen LogP contribution in [-0.2, 0) is 14.3 Å². The monoisotopic (exact) mass is 624 g/mol. The van der Waals surface area contributed by atoms with Gasteiger partial charge in [0, 0.05) is 29.3 Å². The van der Waals surface area contributed by atoms with Crippen molar-refractivity contribution in [1.82, 2.24) is 14.3 Å². The number of carbonyl (C=O) groups is 2. The van der Waals surface area contributed by atoms with Crippen LogP contribution in [0.2, 0.25) is 5.02 Å². The first-order valence-corrected chi connectivity index (χ1v) is 14.7. The highest BCUT2D eigenvalue weighted by molar-refractivity contribution is 7.07. The molecule has 1 aliphatic rings. The molecule has 0 saturated carbocycles. The molecule has 1 atom stereocenters. The zero-order chi connectivity index (χ0) is 31.0. The Kier molecular flexibility index (Phi) is 7.86. The minimum absolute atomic E-state index is 0.241. The molecule has 0 N–H and O–H groups in total. The van der Waals surface area contributed by atoms with Crippen LogP contribution in [-0.4, -0.2) is 33.4 Å². The number of ether oxygens (including phenoxy) is 2. The Labute approximate surface area is 260 Å². The van der Waals surface area contributed by atoms with E-state index in [9.17, 15) is 14.4 Å². The van der Waals surface area contributed by atoms with Gasteiger partial charge < -0.3 is 9.47 Å². The quantitative estimate of drug-likeness (QED) is 0.198. The van der Waals surface area contributed by atoms with Gasteiger partial charge in [0.15, 0.2) is 4.80 Å². The van der Waals surface area contributed by atoms with Crippen LogP contribution >= 0.6 is 22.9 Å². The summed E-state index contributed by atoms with van der Waals surface area (Å²) in [4.78, 5) is 43.6. The van der Waals surface area contributed by atoms with Gasteiger partial charge in [0.05, 0.1) is 34.6 Å². The molecule has 2 aromatic heterocycles. The van der Waals surface area contributed by atoms with Crippen LogP contribution in [0.15, 0.2) is 106 Å². The van der Waals surface area contributed by atoms with E-state index in [1.807, 2.05) is 48.7 Å². The number of methoxy groups -OCH3 is 1. The number of rotatable bonds is 6. The lowest BCUT2D eigenvalue weighted by molar-refractivity contribution is -0.136. The first-order valence-electron chi connectivity index (χ1n) is 13.5. The fourth-order valence-corrected chi connectivity index (χ4v) is 6.23. The van der Waals surface area contributed by atoms with Gasteiger partial charge in [-0.15, -0.1) is 0 Å². The highest BCUT2D eigenvalue weighted by Gasteiger charge is 2.33. The molecule has 5 aromatic rings. The van der Waals surface area contributed by atoms with Gasteiger partial charge in [-0.1, -0.05) is 65.4 Å². The fraction of sp³-hybridized carbons (Fsp3) is 0.121. The first-order chi connectivity index (χ1) is 21.2. The molecule has 0 unspecified atom stereocenters. The molecule has 11 heteroatoms. The van der Waals surface area contributed by atoms with E-state index in [0.717, 1.165) is 11.3 Å². The number of halogens is 1. The molecule has 0 saturated heterocycles. The number of esters is 2. The lowest BCUT2D eigenvalue weighted by Crippen LogP contribution is -2.39. The van der Waals surface area contributed by atoms with Crippen LogP contribution < -0.4 is 19.6 Å². The van der Waals surface area contributed by atoms with Crippen molar-refractivity contribution in [1.29, 1.82) is 0 Å². The molecule has 6 rings (SSSR count). The molecule has 220 valence electrons. The van der Waals surface area contributed by atoms with Crippen LogP contribution in [0, 0.1) is 0 Å². The van der Waals surface area contributed by atoms with Crippen molar-refractivity contribution in [3.63, 3.8) is 0 Å². The molecular weight excluding hydrogens is 600 g/mol. The second kappa shape index (κ2) is 11.9. The van der Waals surface area contributed by atoms with Gasteiger partial charge in [-0.2, -0.15) is 5.10 Å². The van der Waals surface area contributed by atoms with E-state index in [-0.39, 0.29) is 11.1 Å². The summed E-state index contributed by atoms with van der Waals surface area (Å²) in [5, 5.41) is 5.45. The summed E-state index contributed by atoms with van der Waals surface area (Å²) in [6, 6.07) is 22.9. The summed E-state index contributed by atoms with van der Waals surface area (Å²) in [5.74, 6) is -0.701. The Morgan fingerprint density at radius 2 is 1.70 bits per heavy atom. The maximum atomic E-state index is 14.1. The van der Waals surface area contributed by atoms with Crippen LogP contribution in [0.25, 0.3) is 23.0 Å². The Morgan fingerprint density at radius 3 is 2.36 bits per heavy atom. The van der Waals surface area contributed by atoms with Gasteiger partial charge in [0.1, 0.15) is 11.4 Å². The molecule has 0 radical (unpaired) electrons. The lowest BCUT2D eigenvalue weighted by atomic mass is 9.96. The smallest absolute Gasteiger partial charge is 0.338 e. The van der Waals surface area contributed by atoms with E-state index in [2.05, 4.69) is 4.99 Å². The molecule has 0 bridgehead atoms. The van der Waals surface area contributed by atoms with Crippen LogP contribution in [0.3, 0.4) is 0 Å². The van der Waals surface area contributed by atoms with E-state index in [0.29, 0.717) is 42.6 Å². The minimum Gasteiger partial charge on any atom is -0.466 e. The molecule has 3 aromatic carbocycles. The van der Waals surface area contributed by atoms with Gasteiger partial charge in [-0.3, -0.25) is 14.2 Å². The predicted octanol–water partition coefficient (Wildman–Crippen LogP) is 4.84. The molecule has 3 heterocycles. The van der Waals surface area contributed by atoms with Crippen molar-refractivity contribution in [3.8, 4) is 22.7 Å². The summed E-state index contributed by atoms with van der Waals surface area (Å²) in [5.41, 5.74) is 4.06. The number of aromatic nitrogens is 3. The van der Waals surface area contributed by atoms with E-state index in [1.54, 1.807) is 54.1 Å². The maximum absolute atomic E-state index is 14.1. The van der Waals surface area contributed by atoms with Crippen molar-refractivity contribution in [2.75, 3.05) is 7.11 Å². The van der Waals surface area contributed by atoms with Crippen LogP contribution in [0.4, 0.5) is 0 Å². The number of thiazole rings is 1. The number of allylic oxidation sites excluding steroid dienone is 1. The number of nitrogens with zero attached hydrogens (tertiary/aromatic N) is 4. The van der Waals surface area contributed by atoms with Gasteiger partial charge >= 0.3 is 11.9 Å². The number of para-hydroxylation sites is 1. The molecule has 0 aliphatic carbocycles. The van der Waals surface area contributed by atoms with Gasteiger partial charge in [-0.25, -0.2) is 14.5 Å². The Morgan fingerprint density at radius 1 is 1.00 bits per heavy atom. The summed E-state index contributed by atoms with van der Waals surface area (Å²) < 4.78 is 13.9. The summed E-state index contributed by atoms with van der Waals surface area (Å²) in [6.45, 7) is 3.03. The zero-order valence-corrected chi connectivity index (χ0v) is 25.4. The number of carbonyl (C=O) groups excluding carboxylic acids is 2. The van der Waals surface area contributed by atoms with Crippen molar-refractivity contribution < 1.29 is 19.1 Å². The number of hydrogen-bond acceptors (Lipinski definition) is 8. The third kappa shape index (κ3) is 5.52. The summed E-state index contributed by atoms with van der Waals surface area (Å²) >= 11 is 7.37.